The molecule has 4 nitrogen and oxygen atoms in total. The van der Waals surface area contributed by atoms with Crippen LogP contribution in [0.2, 0.25) is 0 Å². The van der Waals surface area contributed by atoms with Crippen molar-refractivity contribution in [1.29, 1.82) is 0 Å². The summed E-state index contributed by atoms with van der Waals surface area (Å²) in [5.41, 5.74) is 1.19. The Balaban J connectivity index is 1.64. The molecule has 2 heterocycles. The van der Waals surface area contributed by atoms with Crippen molar-refractivity contribution in [2.45, 2.75) is 39.5 Å². The molecule has 1 amide bonds. The van der Waals surface area contributed by atoms with Crippen LogP contribution in [0.3, 0.4) is 0 Å². The molecule has 0 aromatic carbocycles. The van der Waals surface area contributed by atoms with Crippen molar-refractivity contribution in [3.8, 4) is 0 Å². The number of thiophene rings is 1. The molecule has 1 unspecified atom stereocenters. The lowest BCUT2D eigenvalue weighted by Gasteiger charge is -2.32. The Bertz CT molecular complexity index is 584. The number of nitrogens with zero attached hydrogens (tertiary/aromatic N) is 1. The van der Waals surface area contributed by atoms with Crippen LogP contribution in [0.5, 0.6) is 0 Å². The van der Waals surface area contributed by atoms with Crippen molar-refractivity contribution in [1.82, 2.24) is 4.90 Å². The molecule has 21 heavy (non-hydrogen) atoms. The maximum absolute atomic E-state index is 12.5. The number of aryl methyl sites for hydroxylation is 2. The van der Waals surface area contributed by atoms with Crippen LogP contribution < -0.4 is 0 Å². The average molecular weight is 307 g/mol. The van der Waals surface area contributed by atoms with Crippen molar-refractivity contribution in [2.75, 3.05) is 13.1 Å². The van der Waals surface area contributed by atoms with Gasteiger partial charge in [-0.3, -0.25) is 9.59 Å². The second-order valence-electron chi connectivity index (χ2n) is 6.32. The maximum Gasteiger partial charge on any atom is 0.307 e. The summed E-state index contributed by atoms with van der Waals surface area (Å²) in [4.78, 5) is 27.6. The summed E-state index contributed by atoms with van der Waals surface area (Å²) in [5, 5.41) is 9.11. The van der Waals surface area contributed by atoms with Crippen molar-refractivity contribution in [3.63, 3.8) is 0 Å². The maximum atomic E-state index is 12.5. The molecule has 1 atom stereocenters. The second kappa shape index (κ2) is 5.13. The van der Waals surface area contributed by atoms with E-state index in [2.05, 4.69) is 13.8 Å². The minimum Gasteiger partial charge on any atom is -0.481 e. The Hall–Kier alpha value is -1.36. The van der Waals surface area contributed by atoms with Crippen molar-refractivity contribution in [2.24, 2.45) is 11.3 Å². The molecule has 114 valence electrons. The zero-order chi connectivity index (χ0) is 15.2. The number of carbonyl (C=O) groups is 2. The van der Waals surface area contributed by atoms with E-state index in [9.17, 15) is 9.59 Å². The molecule has 1 saturated carbocycles. The van der Waals surface area contributed by atoms with Crippen molar-refractivity contribution < 1.29 is 14.7 Å². The molecular weight excluding hydrogens is 286 g/mol. The molecule has 1 aliphatic heterocycles. The topological polar surface area (TPSA) is 57.6 Å². The van der Waals surface area contributed by atoms with E-state index in [1.165, 1.54) is 10.4 Å². The number of likely N-dealkylation sites (tertiary alicyclic amines) is 1. The van der Waals surface area contributed by atoms with Gasteiger partial charge < -0.3 is 10.0 Å². The van der Waals surface area contributed by atoms with Gasteiger partial charge in [0.2, 0.25) is 0 Å². The van der Waals surface area contributed by atoms with Gasteiger partial charge in [-0.1, -0.05) is 6.92 Å². The molecule has 0 bridgehead atoms. The first-order chi connectivity index (χ1) is 9.97. The lowest BCUT2D eigenvalue weighted by molar-refractivity contribution is -0.139. The molecule has 1 saturated heterocycles. The highest BCUT2D eigenvalue weighted by molar-refractivity contribution is 7.14. The van der Waals surface area contributed by atoms with Crippen LogP contribution in [-0.4, -0.2) is 35.0 Å². The largest absolute Gasteiger partial charge is 0.481 e. The summed E-state index contributed by atoms with van der Waals surface area (Å²) < 4.78 is 0. The van der Waals surface area contributed by atoms with Crippen LogP contribution in [0.25, 0.3) is 0 Å². The Morgan fingerprint density at radius 1 is 1.43 bits per heavy atom. The minimum atomic E-state index is -0.670. The van der Waals surface area contributed by atoms with Gasteiger partial charge in [0, 0.05) is 18.0 Å². The molecule has 3 rings (SSSR count). The molecule has 0 radical (unpaired) electrons. The van der Waals surface area contributed by atoms with Gasteiger partial charge in [-0.2, -0.15) is 0 Å². The predicted molar refractivity (Wildman–Crippen MR) is 81.7 cm³/mol. The van der Waals surface area contributed by atoms with E-state index >= 15 is 0 Å². The predicted octanol–water partition coefficient (Wildman–Crippen LogP) is 2.95. The van der Waals surface area contributed by atoms with Crippen LogP contribution in [0.4, 0.5) is 0 Å². The molecule has 1 aromatic rings. The lowest BCUT2D eigenvalue weighted by Crippen LogP contribution is -2.39. The van der Waals surface area contributed by atoms with Crippen molar-refractivity contribution >= 4 is 23.2 Å². The molecule has 2 fully saturated rings. The first-order valence-corrected chi connectivity index (χ1v) is 8.40. The summed E-state index contributed by atoms with van der Waals surface area (Å²) in [6, 6.07) is 1.99. The summed E-state index contributed by atoms with van der Waals surface area (Å²) in [6.07, 6.45) is 3.43. The number of amides is 1. The van der Waals surface area contributed by atoms with Gasteiger partial charge in [-0.05, 0) is 49.7 Å². The number of carboxylic acids is 1. The molecule has 1 N–H and O–H groups in total. The summed E-state index contributed by atoms with van der Waals surface area (Å²) in [5.74, 6) is -0.730. The lowest BCUT2D eigenvalue weighted by atomic mass is 9.91. The average Bonchev–Trinajstić information content (AvgIpc) is 3.03. The van der Waals surface area contributed by atoms with Crippen LogP contribution in [0.1, 0.15) is 46.3 Å². The van der Waals surface area contributed by atoms with E-state index in [1.807, 2.05) is 11.0 Å². The highest BCUT2D eigenvalue weighted by Crippen LogP contribution is 2.59. The van der Waals surface area contributed by atoms with E-state index in [-0.39, 0.29) is 17.2 Å². The van der Waals surface area contributed by atoms with Gasteiger partial charge in [-0.15, -0.1) is 11.3 Å². The minimum absolute atomic E-state index is 0.0114. The number of aliphatic carboxylic acids is 1. The number of piperidine rings is 1. The number of rotatable bonds is 3. The van der Waals surface area contributed by atoms with Gasteiger partial charge >= 0.3 is 5.97 Å². The van der Waals surface area contributed by atoms with E-state index in [0.717, 1.165) is 30.6 Å². The monoisotopic (exact) mass is 307 g/mol. The standard InChI is InChI=1S/C16H21NO3S/c1-3-12-10(2)8-13(21-12)14(18)17-6-4-16(5-7-17)9-11(16)15(19)20/h8,11H,3-7,9H2,1-2H3,(H,19,20). The molecule has 1 aromatic heterocycles. The third-order valence-corrected chi connectivity index (χ3v) is 6.46. The van der Waals surface area contributed by atoms with Gasteiger partial charge in [-0.25, -0.2) is 0 Å². The van der Waals surface area contributed by atoms with E-state index in [4.69, 9.17) is 5.11 Å². The molecule has 1 aliphatic carbocycles. The van der Waals surface area contributed by atoms with E-state index < -0.39 is 5.97 Å². The molecule has 5 heteroatoms. The van der Waals surface area contributed by atoms with Crippen LogP contribution in [0.15, 0.2) is 6.07 Å². The van der Waals surface area contributed by atoms with Gasteiger partial charge in [0.1, 0.15) is 0 Å². The number of hydrogen-bond donors (Lipinski definition) is 1. The third-order valence-electron chi connectivity index (χ3n) is 5.09. The quantitative estimate of drug-likeness (QED) is 0.934. The van der Waals surface area contributed by atoms with Crippen molar-refractivity contribution in [3.05, 3.63) is 21.4 Å². The third kappa shape index (κ3) is 2.48. The number of carbonyl (C=O) groups excluding carboxylic acids is 1. The SMILES string of the molecule is CCc1sc(C(=O)N2CCC3(CC2)CC3C(=O)O)cc1C. The Morgan fingerprint density at radius 3 is 2.57 bits per heavy atom. The Labute approximate surface area is 128 Å². The summed E-state index contributed by atoms with van der Waals surface area (Å²) in [7, 11) is 0. The molecule has 2 aliphatic rings. The highest BCUT2D eigenvalue weighted by atomic mass is 32.1. The fourth-order valence-corrected chi connectivity index (χ4v) is 4.62. The highest BCUT2D eigenvalue weighted by Gasteiger charge is 2.59. The van der Waals surface area contributed by atoms with Crippen LogP contribution in [0, 0.1) is 18.3 Å². The van der Waals surface area contributed by atoms with Crippen LogP contribution in [-0.2, 0) is 11.2 Å². The molecular formula is C16H21NO3S. The second-order valence-corrected chi connectivity index (χ2v) is 7.46. The van der Waals surface area contributed by atoms with E-state index in [0.29, 0.717) is 13.1 Å². The summed E-state index contributed by atoms with van der Waals surface area (Å²) >= 11 is 1.60. The van der Waals surface area contributed by atoms with E-state index in [1.54, 1.807) is 11.3 Å². The number of carboxylic acid groups (broad SMARTS) is 1. The van der Waals surface area contributed by atoms with Gasteiger partial charge in [0.25, 0.3) is 5.91 Å². The fourth-order valence-electron chi connectivity index (χ4n) is 3.54. The molecule has 1 spiro atoms. The van der Waals surface area contributed by atoms with Crippen LogP contribution >= 0.6 is 11.3 Å². The smallest absolute Gasteiger partial charge is 0.307 e. The first kappa shape index (κ1) is 14.6. The zero-order valence-electron chi connectivity index (χ0n) is 12.5. The fraction of sp³-hybridized carbons (Fsp3) is 0.625. The Kier molecular flexibility index (Phi) is 3.56. The summed E-state index contributed by atoms with van der Waals surface area (Å²) in [6.45, 7) is 5.55. The first-order valence-electron chi connectivity index (χ1n) is 7.58. The zero-order valence-corrected chi connectivity index (χ0v) is 13.3. The van der Waals surface area contributed by atoms with Gasteiger partial charge in [0.05, 0.1) is 10.8 Å². The number of hydrogen-bond acceptors (Lipinski definition) is 3. The normalized spacial score (nSPS) is 23.3. The van der Waals surface area contributed by atoms with Gasteiger partial charge in [0.15, 0.2) is 0 Å². The Morgan fingerprint density at radius 2 is 2.10 bits per heavy atom.